The SMILES string of the molecule is CC(C)=CC1C(C(=O)NCCc2ccc(O)cc2)C1(C)C. The van der Waals surface area contributed by atoms with Gasteiger partial charge in [-0.3, -0.25) is 4.79 Å². The molecular weight excluding hydrogens is 262 g/mol. The molecule has 0 heterocycles. The van der Waals surface area contributed by atoms with E-state index < -0.39 is 0 Å². The molecule has 1 aliphatic rings. The summed E-state index contributed by atoms with van der Waals surface area (Å²) in [5.41, 5.74) is 2.45. The van der Waals surface area contributed by atoms with Crippen LogP contribution in [0.4, 0.5) is 0 Å². The molecule has 1 aromatic rings. The minimum absolute atomic E-state index is 0.0693. The standard InChI is InChI=1S/C18H25NO2/c1-12(2)11-15-16(18(15,3)4)17(21)19-10-9-13-5-7-14(20)8-6-13/h5-8,11,15-16,20H,9-10H2,1-4H3,(H,19,21). The van der Waals surface area contributed by atoms with Crippen molar-refractivity contribution in [1.29, 1.82) is 0 Å². The molecule has 0 saturated heterocycles. The fraction of sp³-hybridized carbons (Fsp3) is 0.500. The summed E-state index contributed by atoms with van der Waals surface area (Å²) >= 11 is 0. The van der Waals surface area contributed by atoms with Crippen molar-refractivity contribution in [2.45, 2.75) is 34.1 Å². The van der Waals surface area contributed by atoms with Crippen molar-refractivity contribution >= 4 is 5.91 Å². The highest BCUT2D eigenvalue weighted by atomic mass is 16.3. The van der Waals surface area contributed by atoms with Crippen LogP contribution in [0.15, 0.2) is 35.9 Å². The van der Waals surface area contributed by atoms with Crippen LogP contribution in [0.5, 0.6) is 5.75 Å². The lowest BCUT2D eigenvalue weighted by Crippen LogP contribution is -2.28. The summed E-state index contributed by atoms with van der Waals surface area (Å²) in [7, 11) is 0. The number of amides is 1. The molecule has 21 heavy (non-hydrogen) atoms. The van der Waals surface area contributed by atoms with E-state index in [1.807, 2.05) is 12.1 Å². The van der Waals surface area contributed by atoms with E-state index in [-0.39, 0.29) is 23.0 Å². The third-order valence-corrected chi connectivity index (χ3v) is 4.36. The lowest BCUT2D eigenvalue weighted by molar-refractivity contribution is -0.123. The fourth-order valence-electron chi connectivity index (χ4n) is 2.95. The van der Waals surface area contributed by atoms with Crippen LogP contribution >= 0.6 is 0 Å². The zero-order valence-corrected chi connectivity index (χ0v) is 13.3. The van der Waals surface area contributed by atoms with Crippen molar-refractivity contribution in [3.8, 4) is 5.75 Å². The number of phenolic OH excluding ortho intramolecular Hbond substituents is 1. The normalized spacial score (nSPS) is 22.5. The molecule has 2 atom stereocenters. The van der Waals surface area contributed by atoms with Crippen LogP contribution in [0.2, 0.25) is 0 Å². The van der Waals surface area contributed by atoms with Gasteiger partial charge in [-0.25, -0.2) is 0 Å². The van der Waals surface area contributed by atoms with Crippen molar-refractivity contribution in [3.63, 3.8) is 0 Å². The Kier molecular flexibility index (Phi) is 4.40. The molecule has 2 N–H and O–H groups in total. The number of allylic oxidation sites excluding steroid dienone is 2. The minimum atomic E-state index is 0.0693. The van der Waals surface area contributed by atoms with Crippen molar-refractivity contribution in [2.24, 2.45) is 17.3 Å². The third kappa shape index (κ3) is 3.66. The maximum atomic E-state index is 12.3. The number of nitrogens with one attached hydrogen (secondary N) is 1. The molecule has 3 heteroatoms. The van der Waals surface area contributed by atoms with Gasteiger partial charge in [-0.2, -0.15) is 0 Å². The van der Waals surface area contributed by atoms with E-state index in [1.54, 1.807) is 12.1 Å². The quantitative estimate of drug-likeness (QED) is 0.816. The van der Waals surface area contributed by atoms with Crippen LogP contribution in [-0.4, -0.2) is 17.6 Å². The van der Waals surface area contributed by atoms with E-state index in [2.05, 4.69) is 39.1 Å². The molecule has 1 saturated carbocycles. The van der Waals surface area contributed by atoms with Gasteiger partial charge in [-0.05, 0) is 49.3 Å². The van der Waals surface area contributed by atoms with Gasteiger partial charge >= 0.3 is 0 Å². The predicted molar refractivity (Wildman–Crippen MR) is 85.0 cm³/mol. The number of rotatable bonds is 5. The summed E-state index contributed by atoms with van der Waals surface area (Å²) in [4.78, 5) is 12.3. The number of carbonyl (C=O) groups excluding carboxylic acids is 1. The molecule has 1 aromatic carbocycles. The first-order valence-electron chi connectivity index (χ1n) is 7.53. The Bertz CT molecular complexity index is 539. The van der Waals surface area contributed by atoms with Gasteiger partial charge in [0.15, 0.2) is 0 Å². The lowest BCUT2D eigenvalue weighted by Gasteiger charge is -2.06. The van der Waals surface area contributed by atoms with Gasteiger partial charge in [0.05, 0.1) is 5.92 Å². The average Bonchev–Trinajstić information content (AvgIpc) is 2.92. The van der Waals surface area contributed by atoms with Crippen molar-refractivity contribution in [2.75, 3.05) is 6.54 Å². The summed E-state index contributed by atoms with van der Waals surface area (Å²) in [5, 5.41) is 12.3. The number of benzene rings is 1. The highest BCUT2D eigenvalue weighted by Crippen LogP contribution is 2.59. The molecule has 3 nitrogen and oxygen atoms in total. The lowest BCUT2D eigenvalue weighted by atomic mass is 10.1. The first kappa shape index (κ1) is 15.6. The van der Waals surface area contributed by atoms with E-state index in [4.69, 9.17) is 0 Å². The van der Waals surface area contributed by atoms with E-state index in [9.17, 15) is 9.90 Å². The highest BCUT2D eigenvalue weighted by Gasteiger charge is 2.60. The zero-order valence-electron chi connectivity index (χ0n) is 13.3. The third-order valence-electron chi connectivity index (χ3n) is 4.36. The molecule has 1 fully saturated rings. The van der Waals surface area contributed by atoms with Crippen LogP contribution in [0, 0.1) is 17.3 Å². The maximum absolute atomic E-state index is 12.3. The van der Waals surface area contributed by atoms with Gasteiger partial charge in [-0.15, -0.1) is 0 Å². The Morgan fingerprint density at radius 3 is 2.48 bits per heavy atom. The number of carbonyl (C=O) groups is 1. The molecular formula is C18H25NO2. The summed E-state index contributed by atoms with van der Waals surface area (Å²) in [5.74, 6) is 0.872. The molecule has 0 spiro atoms. The van der Waals surface area contributed by atoms with Crippen LogP contribution in [0.25, 0.3) is 0 Å². The van der Waals surface area contributed by atoms with Gasteiger partial charge in [0.25, 0.3) is 0 Å². The number of aromatic hydroxyl groups is 1. The fourth-order valence-corrected chi connectivity index (χ4v) is 2.95. The first-order valence-corrected chi connectivity index (χ1v) is 7.53. The van der Waals surface area contributed by atoms with E-state index in [0.29, 0.717) is 12.5 Å². The molecule has 0 bridgehead atoms. The second-order valence-electron chi connectivity index (χ2n) is 6.78. The Balaban J connectivity index is 1.83. The smallest absolute Gasteiger partial charge is 0.224 e. The summed E-state index contributed by atoms with van der Waals surface area (Å²) in [6, 6.07) is 7.11. The maximum Gasteiger partial charge on any atom is 0.224 e. The number of phenols is 1. The summed E-state index contributed by atoms with van der Waals surface area (Å²) < 4.78 is 0. The second kappa shape index (κ2) is 5.92. The van der Waals surface area contributed by atoms with Crippen LogP contribution in [0.1, 0.15) is 33.3 Å². The molecule has 2 unspecified atom stereocenters. The first-order chi connectivity index (χ1) is 9.82. The van der Waals surface area contributed by atoms with Gasteiger partial charge in [0, 0.05) is 6.54 Å². The van der Waals surface area contributed by atoms with E-state index in [1.165, 1.54) is 5.57 Å². The van der Waals surface area contributed by atoms with Gasteiger partial charge in [0.2, 0.25) is 5.91 Å². The van der Waals surface area contributed by atoms with E-state index >= 15 is 0 Å². The molecule has 2 rings (SSSR count). The Labute approximate surface area is 127 Å². The highest BCUT2D eigenvalue weighted by molar-refractivity contribution is 5.83. The Hall–Kier alpha value is -1.77. The topological polar surface area (TPSA) is 49.3 Å². The van der Waals surface area contributed by atoms with Crippen LogP contribution in [-0.2, 0) is 11.2 Å². The summed E-state index contributed by atoms with van der Waals surface area (Å²) in [6.45, 7) is 9.10. The summed E-state index contributed by atoms with van der Waals surface area (Å²) in [6.07, 6.45) is 3.00. The molecule has 1 aliphatic carbocycles. The molecule has 0 aliphatic heterocycles. The molecule has 114 valence electrons. The van der Waals surface area contributed by atoms with Crippen molar-refractivity contribution in [3.05, 3.63) is 41.5 Å². The molecule has 0 aromatic heterocycles. The van der Waals surface area contributed by atoms with Crippen molar-refractivity contribution in [1.82, 2.24) is 5.32 Å². The Morgan fingerprint density at radius 1 is 1.29 bits per heavy atom. The number of hydrogen-bond acceptors (Lipinski definition) is 2. The average molecular weight is 287 g/mol. The van der Waals surface area contributed by atoms with Crippen molar-refractivity contribution < 1.29 is 9.90 Å². The van der Waals surface area contributed by atoms with Crippen LogP contribution in [0.3, 0.4) is 0 Å². The van der Waals surface area contributed by atoms with E-state index in [0.717, 1.165) is 12.0 Å². The second-order valence-corrected chi connectivity index (χ2v) is 6.78. The predicted octanol–water partition coefficient (Wildman–Crippen LogP) is 3.29. The largest absolute Gasteiger partial charge is 0.508 e. The molecule has 1 amide bonds. The Morgan fingerprint density at radius 2 is 1.90 bits per heavy atom. The van der Waals surface area contributed by atoms with Crippen LogP contribution < -0.4 is 5.32 Å². The van der Waals surface area contributed by atoms with Gasteiger partial charge in [0.1, 0.15) is 5.75 Å². The van der Waals surface area contributed by atoms with Gasteiger partial charge < -0.3 is 10.4 Å². The zero-order chi connectivity index (χ0) is 15.6. The monoisotopic (exact) mass is 287 g/mol. The molecule has 0 radical (unpaired) electrons. The minimum Gasteiger partial charge on any atom is -0.508 e. The van der Waals surface area contributed by atoms with Gasteiger partial charge in [-0.1, -0.05) is 37.6 Å². The number of hydrogen-bond donors (Lipinski definition) is 2.